The van der Waals surface area contributed by atoms with Gasteiger partial charge in [0, 0.05) is 17.3 Å². The fraction of sp³-hybridized carbons (Fsp3) is 0.188. The maximum absolute atomic E-state index is 13.7. The van der Waals surface area contributed by atoms with Crippen molar-refractivity contribution in [3.63, 3.8) is 0 Å². The molecule has 0 radical (unpaired) electrons. The summed E-state index contributed by atoms with van der Waals surface area (Å²) >= 11 is 0. The van der Waals surface area contributed by atoms with Gasteiger partial charge in [-0.1, -0.05) is 18.2 Å². The van der Waals surface area contributed by atoms with Crippen molar-refractivity contribution >= 4 is 11.6 Å². The minimum atomic E-state index is -0.458. The molecule has 2 aromatic rings. The number of ether oxygens (including phenoxy) is 1. The predicted molar refractivity (Wildman–Crippen MR) is 79.7 cm³/mol. The molecule has 5 heteroatoms. The molecule has 4 nitrogen and oxygen atoms in total. The number of anilines is 1. The summed E-state index contributed by atoms with van der Waals surface area (Å²) in [4.78, 5) is 12.2. The molecule has 110 valence electrons. The van der Waals surface area contributed by atoms with E-state index < -0.39 is 6.04 Å². The molecule has 0 saturated heterocycles. The lowest BCUT2D eigenvalue weighted by molar-refractivity contribution is 0.0940. The molecular weight excluding hydrogens is 271 g/mol. The van der Waals surface area contributed by atoms with Gasteiger partial charge >= 0.3 is 0 Å². The van der Waals surface area contributed by atoms with Crippen molar-refractivity contribution in [2.75, 3.05) is 12.8 Å². The van der Waals surface area contributed by atoms with Gasteiger partial charge in [-0.2, -0.15) is 0 Å². The molecule has 1 atom stereocenters. The number of nitrogen functional groups attached to an aromatic ring is 1. The minimum absolute atomic E-state index is 0.313. The average Bonchev–Trinajstić information content (AvgIpc) is 2.47. The first-order chi connectivity index (χ1) is 10.0. The fourth-order valence-electron chi connectivity index (χ4n) is 2.05. The highest BCUT2D eigenvalue weighted by molar-refractivity contribution is 5.99. The Bertz CT molecular complexity index is 658. The van der Waals surface area contributed by atoms with Crippen LogP contribution in [0.5, 0.6) is 5.75 Å². The monoisotopic (exact) mass is 288 g/mol. The van der Waals surface area contributed by atoms with Crippen LogP contribution in [0.3, 0.4) is 0 Å². The van der Waals surface area contributed by atoms with Gasteiger partial charge in [0.15, 0.2) is 0 Å². The Balaban J connectivity index is 2.16. The molecule has 0 aliphatic heterocycles. The number of nitrogens with one attached hydrogen (secondary N) is 1. The van der Waals surface area contributed by atoms with Gasteiger partial charge in [-0.15, -0.1) is 0 Å². The van der Waals surface area contributed by atoms with E-state index in [0.29, 0.717) is 22.6 Å². The van der Waals surface area contributed by atoms with Crippen LogP contribution in [0.4, 0.5) is 10.1 Å². The zero-order valence-corrected chi connectivity index (χ0v) is 11.9. The molecule has 0 heterocycles. The van der Waals surface area contributed by atoms with Crippen molar-refractivity contribution in [3.05, 3.63) is 59.4 Å². The number of carbonyl (C=O) groups excluding carboxylic acids is 1. The highest BCUT2D eigenvalue weighted by Crippen LogP contribution is 2.21. The van der Waals surface area contributed by atoms with Crippen LogP contribution < -0.4 is 15.8 Å². The summed E-state index contributed by atoms with van der Waals surface area (Å²) in [5.41, 5.74) is 6.90. The lowest BCUT2D eigenvalue weighted by Crippen LogP contribution is -2.27. The summed E-state index contributed by atoms with van der Waals surface area (Å²) in [6.45, 7) is 1.72. The molecule has 0 aliphatic rings. The van der Waals surface area contributed by atoms with E-state index in [1.807, 2.05) is 0 Å². The molecule has 0 spiro atoms. The Kier molecular flexibility index (Phi) is 4.42. The Morgan fingerprint density at radius 1 is 1.29 bits per heavy atom. The summed E-state index contributed by atoms with van der Waals surface area (Å²) in [5.74, 6) is -0.134. The first-order valence-corrected chi connectivity index (χ1v) is 6.51. The van der Waals surface area contributed by atoms with E-state index in [9.17, 15) is 9.18 Å². The van der Waals surface area contributed by atoms with Crippen molar-refractivity contribution in [3.8, 4) is 5.75 Å². The van der Waals surface area contributed by atoms with Gasteiger partial charge in [0.05, 0.1) is 18.7 Å². The second kappa shape index (κ2) is 6.26. The molecule has 0 fully saturated rings. The zero-order valence-electron chi connectivity index (χ0n) is 11.9. The fourth-order valence-corrected chi connectivity index (χ4v) is 2.05. The van der Waals surface area contributed by atoms with Gasteiger partial charge in [0.2, 0.25) is 0 Å². The molecule has 3 N–H and O–H groups in total. The van der Waals surface area contributed by atoms with Crippen LogP contribution in [0, 0.1) is 5.82 Å². The van der Waals surface area contributed by atoms with Crippen LogP contribution in [0.2, 0.25) is 0 Å². The quantitative estimate of drug-likeness (QED) is 0.850. The average molecular weight is 288 g/mol. The molecular formula is C16H17FN2O2. The van der Waals surface area contributed by atoms with E-state index in [0.717, 1.165) is 0 Å². The third-order valence-electron chi connectivity index (χ3n) is 3.22. The van der Waals surface area contributed by atoms with E-state index >= 15 is 0 Å². The third-order valence-corrected chi connectivity index (χ3v) is 3.22. The van der Waals surface area contributed by atoms with E-state index in [1.54, 1.807) is 43.3 Å². The lowest BCUT2D eigenvalue weighted by Gasteiger charge is -2.16. The molecule has 2 aromatic carbocycles. The molecule has 0 aliphatic carbocycles. The molecule has 21 heavy (non-hydrogen) atoms. The molecule has 0 saturated carbocycles. The summed E-state index contributed by atoms with van der Waals surface area (Å²) in [6, 6.07) is 10.7. The Morgan fingerprint density at radius 2 is 2.00 bits per heavy atom. The van der Waals surface area contributed by atoms with Crippen molar-refractivity contribution in [1.82, 2.24) is 5.32 Å². The van der Waals surface area contributed by atoms with Crippen molar-refractivity contribution in [1.29, 1.82) is 0 Å². The molecule has 1 amide bonds. The second-order valence-electron chi connectivity index (χ2n) is 4.67. The lowest BCUT2D eigenvalue weighted by atomic mass is 10.1. The molecule has 0 aromatic heterocycles. The second-order valence-corrected chi connectivity index (χ2v) is 4.67. The van der Waals surface area contributed by atoms with Gasteiger partial charge in [0.1, 0.15) is 11.6 Å². The SMILES string of the molecule is COc1ccc(C(=O)NC(C)c2ccccc2F)c(N)c1. The standard InChI is InChI=1S/C16H17FN2O2/c1-10(12-5-3-4-6-14(12)17)19-16(20)13-8-7-11(21-2)9-15(13)18/h3-10H,18H2,1-2H3,(H,19,20). The van der Waals surface area contributed by atoms with Crippen molar-refractivity contribution in [2.24, 2.45) is 0 Å². The number of halogens is 1. The minimum Gasteiger partial charge on any atom is -0.497 e. The molecule has 0 bridgehead atoms. The first-order valence-electron chi connectivity index (χ1n) is 6.51. The summed E-state index contributed by atoms with van der Waals surface area (Å²) in [5, 5.41) is 2.73. The van der Waals surface area contributed by atoms with Crippen LogP contribution in [0.1, 0.15) is 28.9 Å². The van der Waals surface area contributed by atoms with Crippen LogP contribution in [-0.2, 0) is 0 Å². The normalized spacial score (nSPS) is 11.8. The Labute approximate surface area is 122 Å². The maximum atomic E-state index is 13.7. The third kappa shape index (κ3) is 3.31. The van der Waals surface area contributed by atoms with Gasteiger partial charge < -0.3 is 15.8 Å². The number of methoxy groups -OCH3 is 1. The Morgan fingerprint density at radius 3 is 2.62 bits per heavy atom. The summed E-state index contributed by atoms with van der Waals surface area (Å²) < 4.78 is 18.7. The van der Waals surface area contributed by atoms with Gasteiger partial charge in [-0.25, -0.2) is 4.39 Å². The van der Waals surface area contributed by atoms with Gasteiger partial charge in [0.25, 0.3) is 5.91 Å². The van der Waals surface area contributed by atoms with Crippen molar-refractivity contribution < 1.29 is 13.9 Å². The highest BCUT2D eigenvalue weighted by atomic mass is 19.1. The van der Waals surface area contributed by atoms with Crippen molar-refractivity contribution in [2.45, 2.75) is 13.0 Å². The van der Waals surface area contributed by atoms with E-state index in [1.165, 1.54) is 13.2 Å². The molecule has 1 unspecified atom stereocenters. The summed E-state index contributed by atoms with van der Waals surface area (Å²) in [6.07, 6.45) is 0. The predicted octanol–water partition coefficient (Wildman–Crippen LogP) is 2.91. The van der Waals surface area contributed by atoms with Crippen LogP contribution in [0.15, 0.2) is 42.5 Å². The van der Waals surface area contributed by atoms with E-state index in [4.69, 9.17) is 10.5 Å². The van der Waals surface area contributed by atoms with E-state index in [2.05, 4.69) is 5.32 Å². The van der Waals surface area contributed by atoms with Gasteiger partial charge in [-0.3, -0.25) is 4.79 Å². The highest BCUT2D eigenvalue weighted by Gasteiger charge is 2.16. The number of hydrogen-bond donors (Lipinski definition) is 2. The van der Waals surface area contributed by atoms with Crippen LogP contribution in [0.25, 0.3) is 0 Å². The first kappa shape index (κ1) is 14.8. The number of amides is 1. The number of nitrogens with two attached hydrogens (primary N) is 1. The largest absolute Gasteiger partial charge is 0.497 e. The zero-order chi connectivity index (χ0) is 15.4. The molecule has 2 rings (SSSR count). The maximum Gasteiger partial charge on any atom is 0.253 e. The van der Waals surface area contributed by atoms with Crippen LogP contribution >= 0.6 is 0 Å². The van der Waals surface area contributed by atoms with E-state index in [-0.39, 0.29) is 11.7 Å². The van der Waals surface area contributed by atoms with Gasteiger partial charge in [-0.05, 0) is 25.1 Å². The number of hydrogen-bond acceptors (Lipinski definition) is 3. The number of rotatable bonds is 4. The topological polar surface area (TPSA) is 64.3 Å². The summed E-state index contributed by atoms with van der Waals surface area (Å²) in [7, 11) is 1.52. The smallest absolute Gasteiger partial charge is 0.253 e. The number of carbonyl (C=O) groups is 1. The van der Waals surface area contributed by atoms with Crippen LogP contribution in [-0.4, -0.2) is 13.0 Å². The Hall–Kier alpha value is -2.56. The number of benzene rings is 2.